The van der Waals surface area contributed by atoms with Crippen LogP contribution in [0.15, 0.2) is 40.9 Å². The van der Waals surface area contributed by atoms with E-state index in [1.165, 1.54) is 11.1 Å². The lowest BCUT2D eigenvalue weighted by atomic mass is 9.99. The van der Waals surface area contributed by atoms with Crippen LogP contribution >= 0.6 is 38.5 Å². The van der Waals surface area contributed by atoms with E-state index in [4.69, 9.17) is 0 Å². The molecule has 0 bridgehead atoms. The number of anilines is 1. The van der Waals surface area contributed by atoms with Crippen molar-refractivity contribution in [3.05, 3.63) is 61.1 Å². The number of carbonyl (C=O) groups excluding carboxylic acids is 1. The molecule has 0 radical (unpaired) electrons. The summed E-state index contributed by atoms with van der Waals surface area (Å²) in [5, 5.41) is 6.41. The topological polar surface area (TPSA) is 41.1 Å². The minimum atomic E-state index is -0.0624. The second-order valence-electron chi connectivity index (χ2n) is 4.95. The minimum absolute atomic E-state index is 0.0624. The summed E-state index contributed by atoms with van der Waals surface area (Å²) < 4.78 is 1.85. The zero-order chi connectivity index (χ0) is 14.8. The van der Waals surface area contributed by atoms with E-state index in [1.807, 2.05) is 30.3 Å². The molecule has 0 aromatic heterocycles. The normalized spacial score (nSPS) is 13.6. The molecular weight excluding hydrogens is 443 g/mol. The zero-order valence-electron chi connectivity index (χ0n) is 11.2. The molecular formula is C16H14BrIN2O. The maximum absolute atomic E-state index is 12.5. The van der Waals surface area contributed by atoms with Crippen molar-refractivity contribution in [3.8, 4) is 0 Å². The van der Waals surface area contributed by atoms with Crippen molar-refractivity contribution in [1.82, 2.24) is 5.32 Å². The molecule has 1 aliphatic heterocycles. The molecule has 2 aromatic carbocycles. The lowest BCUT2D eigenvalue weighted by Crippen LogP contribution is -2.25. The molecule has 3 rings (SSSR count). The van der Waals surface area contributed by atoms with Gasteiger partial charge >= 0.3 is 0 Å². The van der Waals surface area contributed by atoms with Crippen molar-refractivity contribution in [2.75, 3.05) is 11.9 Å². The molecule has 1 aliphatic rings. The Morgan fingerprint density at radius 2 is 2.14 bits per heavy atom. The third-order valence-electron chi connectivity index (χ3n) is 3.56. The Labute approximate surface area is 145 Å². The Morgan fingerprint density at radius 1 is 1.29 bits per heavy atom. The van der Waals surface area contributed by atoms with E-state index in [-0.39, 0.29) is 5.91 Å². The molecule has 0 saturated heterocycles. The molecule has 5 heteroatoms. The number of fused-ring (bicyclic) bond motifs is 1. The van der Waals surface area contributed by atoms with Crippen molar-refractivity contribution in [1.29, 1.82) is 0 Å². The SMILES string of the molecule is O=C(Nc1cccc2c1CCNC2)c1cc(Br)ccc1I. The van der Waals surface area contributed by atoms with E-state index >= 15 is 0 Å². The highest BCUT2D eigenvalue weighted by Crippen LogP contribution is 2.25. The molecule has 3 nitrogen and oxygen atoms in total. The van der Waals surface area contributed by atoms with Crippen LogP contribution in [0, 0.1) is 3.57 Å². The average Bonchev–Trinajstić information content (AvgIpc) is 2.50. The van der Waals surface area contributed by atoms with Crippen LogP contribution in [0.25, 0.3) is 0 Å². The number of nitrogens with one attached hydrogen (secondary N) is 2. The maximum Gasteiger partial charge on any atom is 0.256 e. The van der Waals surface area contributed by atoms with Gasteiger partial charge in [-0.2, -0.15) is 0 Å². The van der Waals surface area contributed by atoms with Crippen LogP contribution < -0.4 is 10.6 Å². The van der Waals surface area contributed by atoms with E-state index in [0.29, 0.717) is 5.56 Å². The zero-order valence-corrected chi connectivity index (χ0v) is 15.0. The van der Waals surface area contributed by atoms with E-state index in [1.54, 1.807) is 0 Å². The molecule has 0 saturated carbocycles. The molecule has 0 aliphatic carbocycles. The van der Waals surface area contributed by atoms with Gasteiger partial charge in [-0.15, -0.1) is 0 Å². The summed E-state index contributed by atoms with van der Waals surface area (Å²) in [4.78, 5) is 12.5. The van der Waals surface area contributed by atoms with Crippen LogP contribution in [0.1, 0.15) is 21.5 Å². The second kappa shape index (κ2) is 6.46. The van der Waals surface area contributed by atoms with Crippen LogP contribution in [0.5, 0.6) is 0 Å². The Balaban J connectivity index is 1.90. The summed E-state index contributed by atoms with van der Waals surface area (Å²) in [6.07, 6.45) is 0.946. The summed E-state index contributed by atoms with van der Waals surface area (Å²) in [7, 11) is 0. The van der Waals surface area contributed by atoms with Gasteiger partial charge in [-0.3, -0.25) is 4.79 Å². The van der Waals surface area contributed by atoms with Crippen molar-refractivity contribution in [3.63, 3.8) is 0 Å². The van der Waals surface area contributed by atoms with E-state index in [9.17, 15) is 4.79 Å². The summed E-state index contributed by atoms with van der Waals surface area (Å²) in [6, 6.07) is 11.8. The Hall–Kier alpha value is -0.920. The first kappa shape index (κ1) is 15.0. The number of carbonyl (C=O) groups is 1. The van der Waals surface area contributed by atoms with Crippen LogP contribution in [0.2, 0.25) is 0 Å². The lowest BCUT2D eigenvalue weighted by Gasteiger charge is -2.20. The number of benzene rings is 2. The van der Waals surface area contributed by atoms with Crippen molar-refractivity contribution < 1.29 is 4.79 Å². The average molecular weight is 457 g/mol. The van der Waals surface area contributed by atoms with Gasteiger partial charge in [-0.1, -0.05) is 28.1 Å². The minimum Gasteiger partial charge on any atom is -0.322 e. The molecule has 108 valence electrons. The van der Waals surface area contributed by atoms with Crippen LogP contribution in [-0.4, -0.2) is 12.5 Å². The van der Waals surface area contributed by atoms with Crippen LogP contribution in [-0.2, 0) is 13.0 Å². The van der Waals surface area contributed by atoms with E-state index in [2.05, 4.69) is 55.2 Å². The molecule has 1 amide bonds. The highest BCUT2D eigenvalue weighted by atomic mass is 127. The monoisotopic (exact) mass is 456 g/mol. The second-order valence-corrected chi connectivity index (χ2v) is 7.03. The van der Waals surface area contributed by atoms with Crippen LogP contribution in [0.3, 0.4) is 0 Å². The van der Waals surface area contributed by atoms with Crippen LogP contribution in [0.4, 0.5) is 5.69 Å². The molecule has 21 heavy (non-hydrogen) atoms. The van der Waals surface area contributed by atoms with Gasteiger partial charge in [0.05, 0.1) is 5.56 Å². The molecule has 0 unspecified atom stereocenters. The standard InChI is InChI=1S/C16H14BrIN2O/c17-11-4-5-14(18)13(8-11)16(21)20-15-3-1-2-10-9-19-7-6-12(10)15/h1-5,8,19H,6-7,9H2,(H,20,21). The smallest absolute Gasteiger partial charge is 0.256 e. The van der Waals surface area contributed by atoms with Gasteiger partial charge in [-0.25, -0.2) is 0 Å². The van der Waals surface area contributed by atoms with E-state index in [0.717, 1.165) is 33.2 Å². The van der Waals surface area contributed by atoms with Gasteiger partial charge in [0.1, 0.15) is 0 Å². The fourth-order valence-electron chi connectivity index (χ4n) is 2.51. The number of rotatable bonds is 2. The summed E-state index contributed by atoms with van der Waals surface area (Å²) in [5.74, 6) is -0.0624. The Morgan fingerprint density at radius 3 is 3.00 bits per heavy atom. The van der Waals surface area contributed by atoms with Crippen molar-refractivity contribution in [2.45, 2.75) is 13.0 Å². The van der Waals surface area contributed by atoms with Gasteiger partial charge in [0, 0.05) is 20.3 Å². The van der Waals surface area contributed by atoms with Crippen molar-refractivity contribution >= 4 is 50.1 Å². The quantitative estimate of drug-likeness (QED) is 0.672. The van der Waals surface area contributed by atoms with Crippen molar-refractivity contribution in [2.24, 2.45) is 0 Å². The van der Waals surface area contributed by atoms with Gasteiger partial charge in [0.2, 0.25) is 0 Å². The molecule has 0 spiro atoms. The lowest BCUT2D eigenvalue weighted by molar-refractivity contribution is 0.102. The van der Waals surface area contributed by atoms with Gasteiger partial charge < -0.3 is 10.6 Å². The highest BCUT2D eigenvalue weighted by molar-refractivity contribution is 14.1. The summed E-state index contributed by atoms with van der Waals surface area (Å²) in [5.41, 5.74) is 4.13. The fraction of sp³-hybridized carbons (Fsp3) is 0.188. The molecule has 2 N–H and O–H groups in total. The Kier molecular flexibility index (Phi) is 4.61. The van der Waals surface area contributed by atoms with Gasteiger partial charge in [0.25, 0.3) is 5.91 Å². The first-order valence-corrected chi connectivity index (χ1v) is 8.60. The summed E-state index contributed by atoms with van der Waals surface area (Å²) >= 11 is 5.61. The third kappa shape index (κ3) is 3.30. The molecule has 0 fully saturated rings. The number of hydrogen-bond donors (Lipinski definition) is 2. The maximum atomic E-state index is 12.5. The largest absolute Gasteiger partial charge is 0.322 e. The van der Waals surface area contributed by atoms with Gasteiger partial charge in [-0.05, 0) is 70.9 Å². The highest BCUT2D eigenvalue weighted by Gasteiger charge is 2.16. The molecule has 1 heterocycles. The first-order valence-electron chi connectivity index (χ1n) is 6.73. The predicted molar refractivity (Wildman–Crippen MR) is 96.7 cm³/mol. The molecule has 0 atom stereocenters. The number of hydrogen-bond acceptors (Lipinski definition) is 2. The fourth-order valence-corrected chi connectivity index (χ4v) is 3.45. The first-order chi connectivity index (χ1) is 10.1. The number of amides is 1. The number of halogens is 2. The van der Waals surface area contributed by atoms with E-state index < -0.39 is 0 Å². The Bertz CT molecular complexity index is 703. The summed E-state index contributed by atoms with van der Waals surface area (Å²) in [6.45, 7) is 1.82. The third-order valence-corrected chi connectivity index (χ3v) is 5.00. The predicted octanol–water partition coefficient (Wildman–Crippen LogP) is 3.95. The van der Waals surface area contributed by atoms with Gasteiger partial charge in [0.15, 0.2) is 0 Å². The molecule has 2 aromatic rings.